The summed E-state index contributed by atoms with van der Waals surface area (Å²) in [6.45, 7) is 8.51. The van der Waals surface area contributed by atoms with Crippen LogP contribution in [0.5, 0.6) is 5.75 Å². The molecule has 0 unspecified atom stereocenters. The molecular weight excluding hydrogens is 422 g/mol. The molecule has 3 aromatic rings. The predicted molar refractivity (Wildman–Crippen MR) is 132 cm³/mol. The van der Waals surface area contributed by atoms with E-state index < -0.39 is 5.60 Å². The third kappa shape index (κ3) is 6.79. The zero-order valence-electron chi connectivity index (χ0n) is 19.7. The van der Waals surface area contributed by atoms with Gasteiger partial charge in [0, 0.05) is 17.9 Å². The highest BCUT2D eigenvalue weighted by molar-refractivity contribution is 7.19. The molecule has 0 aliphatic carbocycles. The average Bonchev–Trinajstić information content (AvgIpc) is 3.13. The number of thiazole rings is 1. The molecule has 2 aromatic heterocycles. The van der Waals surface area contributed by atoms with Crippen molar-refractivity contribution in [3.05, 3.63) is 23.2 Å². The summed E-state index contributed by atoms with van der Waals surface area (Å²) in [5, 5.41) is 2.18. The van der Waals surface area contributed by atoms with E-state index in [2.05, 4.69) is 23.0 Å². The van der Waals surface area contributed by atoms with Gasteiger partial charge in [-0.3, -0.25) is 4.79 Å². The number of hydrogen-bond acceptors (Lipinski definition) is 7. The molecule has 174 valence electrons. The maximum Gasteiger partial charge on any atom is 0.306 e. The van der Waals surface area contributed by atoms with Gasteiger partial charge in [-0.2, -0.15) is 0 Å². The monoisotopic (exact) mass is 457 g/mol. The van der Waals surface area contributed by atoms with Gasteiger partial charge in [0.1, 0.15) is 16.9 Å². The minimum absolute atomic E-state index is 0.108. The number of nitrogens with zero attached hydrogens (tertiary/aromatic N) is 2. The number of pyridine rings is 1. The van der Waals surface area contributed by atoms with E-state index >= 15 is 0 Å². The molecule has 2 heterocycles. The lowest BCUT2D eigenvalue weighted by atomic mass is 10.1. The highest BCUT2D eigenvalue weighted by Gasteiger charge is 2.15. The fraction of sp³-hybridized carbons (Fsp3) is 0.560. The van der Waals surface area contributed by atoms with Crippen LogP contribution in [0.1, 0.15) is 77.6 Å². The molecule has 3 rings (SSSR count). The van der Waals surface area contributed by atoms with Gasteiger partial charge in [0.25, 0.3) is 0 Å². The number of nitrogen functional groups attached to an aromatic ring is 1. The van der Waals surface area contributed by atoms with Crippen LogP contribution in [-0.2, 0) is 16.0 Å². The Kier molecular flexibility index (Phi) is 8.29. The van der Waals surface area contributed by atoms with E-state index in [-0.39, 0.29) is 5.97 Å². The first-order valence-electron chi connectivity index (χ1n) is 11.6. The summed E-state index contributed by atoms with van der Waals surface area (Å²) < 4.78 is 12.4. The van der Waals surface area contributed by atoms with Crippen molar-refractivity contribution >= 4 is 44.2 Å². The third-order valence-corrected chi connectivity index (χ3v) is 6.20. The van der Waals surface area contributed by atoms with Gasteiger partial charge in [-0.25, -0.2) is 9.97 Å². The number of hydrogen-bond donors (Lipinski definition) is 1. The molecule has 0 aliphatic rings. The van der Waals surface area contributed by atoms with Gasteiger partial charge in [-0.15, -0.1) is 11.3 Å². The standard InChI is InChI=1S/C25H35N3O3S/c1-5-11-20-28-22-23(32-20)18-14-13-17(16-19(18)27-24(22)26)30-15-10-8-6-7-9-12-21(29)31-25(2,3)4/h13-14,16H,5-12,15H2,1-4H3,(H2,26,27). The second-order valence-corrected chi connectivity index (χ2v) is 10.2. The Morgan fingerprint density at radius 1 is 1.09 bits per heavy atom. The summed E-state index contributed by atoms with van der Waals surface area (Å²) in [5.74, 6) is 1.19. The quantitative estimate of drug-likeness (QED) is 0.263. The number of carbonyl (C=O) groups excluding carboxylic acids is 1. The fourth-order valence-electron chi connectivity index (χ4n) is 3.59. The molecule has 2 N–H and O–H groups in total. The van der Waals surface area contributed by atoms with Crippen LogP contribution in [0.4, 0.5) is 5.82 Å². The zero-order chi connectivity index (χ0) is 23.1. The number of rotatable bonds is 11. The molecule has 0 amide bonds. The number of carbonyl (C=O) groups is 1. The summed E-state index contributed by atoms with van der Waals surface area (Å²) in [6.07, 6.45) is 7.57. The predicted octanol–water partition coefficient (Wildman–Crippen LogP) is 6.44. The number of ether oxygens (including phenoxy) is 2. The Morgan fingerprint density at radius 2 is 1.84 bits per heavy atom. The average molecular weight is 458 g/mol. The second-order valence-electron chi connectivity index (χ2n) is 9.16. The van der Waals surface area contributed by atoms with Gasteiger partial charge in [0.15, 0.2) is 5.82 Å². The summed E-state index contributed by atoms with van der Waals surface area (Å²) in [7, 11) is 0. The van der Waals surface area contributed by atoms with Crippen molar-refractivity contribution in [2.75, 3.05) is 12.3 Å². The van der Waals surface area contributed by atoms with Crippen LogP contribution in [0.15, 0.2) is 18.2 Å². The van der Waals surface area contributed by atoms with Crippen LogP contribution in [0.25, 0.3) is 21.1 Å². The lowest BCUT2D eigenvalue weighted by molar-refractivity contribution is -0.154. The SMILES string of the molecule is CCCc1nc2c(N)nc3cc(OCCCCCCCC(=O)OC(C)(C)C)ccc3c2s1. The largest absolute Gasteiger partial charge is 0.494 e. The highest BCUT2D eigenvalue weighted by Crippen LogP contribution is 2.34. The molecule has 1 aromatic carbocycles. The van der Waals surface area contributed by atoms with Gasteiger partial charge < -0.3 is 15.2 Å². The van der Waals surface area contributed by atoms with E-state index in [1.807, 2.05) is 32.9 Å². The van der Waals surface area contributed by atoms with Crippen molar-refractivity contribution in [1.82, 2.24) is 9.97 Å². The summed E-state index contributed by atoms with van der Waals surface area (Å²) >= 11 is 1.71. The van der Waals surface area contributed by atoms with Crippen LogP contribution in [0.3, 0.4) is 0 Å². The topological polar surface area (TPSA) is 87.3 Å². The zero-order valence-corrected chi connectivity index (χ0v) is 20.5. The molecule has 0 aliphatic heterocycles. The lowest BCUT2D eigenvalue weighted by Crippen LogP contribution is -2.23. The van der Waals surface area contributed by atoms with E-state index in [4.69, 9.17) is 15.2 Å². The first-order chi connectivity index (χ1) is 15.3. The minimum Gasteiger partial charge on any atom is -0.494 e. The summed E-state index contributed by atoms with van der Waals surface area (Å²) in [5.41, 5.74) is 7.43. The van der Waals surface area contributed by atoms with E-state index in [1.165, 1.54) is 0 Å². The number of esters is 1. The van der Waals surface area contributed by atoms with Crippen LogP contribution in [0.2, 0.25) is 0 Å². The number of anilines is 1. The molecule has 0 radical (unpaired) electrons. The van der Waals surface area contributed by atoms with E-state index in [0.29, 0.717) is 18.8 Å². The van der Waals surface area contributed by atoms with Crippen molar-refractivity contribution in [3.8, 4) is 5.75 Å². The molecule has 0 bridgehead atoms. The Labute approximate surface area is 194 Å². The number of fused-ring (bicyclic) bond motifs is 3. The lowest BCUT2D eigenvalue weighted by Gasteiger charge is -2.19. The third-order valence-electron chi connectivity index (χ3n) is 5.05. The van der Waals surface area contributed by atoms with Crippen LogP contribution in [-0.4, -0.2) is 28.1 Å². The molecule has 0 fully saturated rings. The maximum atomic E-state index is 11.7. The number of unbranched alkanes of at least 4 members (excludes halogenated alkanes) is 4. The van der Waals surface area contributed by atoms with Gasteiger partial charge in [-0.05, 0) is 58.6 Å². The van der Waals surface area contributed by atoms with Crippen molar-refractivity contribution in [3.63, 3.8) is 0 Å². The van der Waals surface area contributed by atoms with E-state index in [0.717, 1.165) is 76.8 Å². The van der Waals surface area contributed by atoms with Crippen LogP contribution >= 0.6 is 11.3 Å². The van der Waals surface area contributed by atoms with Crippen molar-refractivity contribution < 1.29 is 14.3 Å². The second kappa shape index (κ2) is 10.9. The normalized spacial score (nSPS) is 11.9. The van der Waals surface area contributed by atoms with Gasteiger partial charge in [0.05, 0.1) is 21.8 Å². The maximum absolute atomic E-state index is 11.7. The molecular formula is C25H35N3O3S. The molecule has 7 heteroatoms. The number of aryl methyl sites for hydroxylation is 1. The van der Waals surface area contributed by atoms with Crippen molar-refractivity contribution in [2.24, 2.45) is 0 Å². The number of aromatic nitrogens is 2. The number of benzene rings is 1. The van der Waals surface area contributed by atoms with Gasteiger partial charge >= 0.3 is 5.97 Å². The molecule has 0 saturated carbocycles. The molecule has 6 nitrogen and oxygen atoms in total. The Balaban J connectivity index is 1.44. The highest BCUT2D eigenvalue weighted by atomic mass is 32.1. The van der Waals surface area contributed by atoms with Gasteiger partial charge in [-0.1, -0.05) is 26.2 Å². The molecule has 0 atom stereocenters. The van der Waals surface area contributed by atoms with E-state index in [1.54, 1.807) is 11.3 Å². The molecule has 0 saturated heterocycles. The van der Waals surface area contributed by atoms with Gasteiger partial charge in [0.2, 0.25) is 0 Å². The molecule has 0 spiro atoms. The first-order valence-corrected chi connectivity index (χ1v) is 12.4. The van der Waals surface area contributed by atoms with Crippen molar-refractivity contribution in [2.45, 2.75) is 84.7 Å². The summed E-state index contributed by atoms with van der Waals surface area (Å²) in [6, 6.07) is 6.02. The van der Waals surface area contributed by atoms with Crippen LogP contribution in [0, 0.1) is 0 Å². The smallest absolute Gasteiger partial charge is 0.306 e. The minimum atomic E-state index is -0.400. The molecule has 32 heavy (non-hydrogen) atoms. The Morgan fingerprint density at radius 3 is 2.59 bits per heavy atom. The fourth-order valence-corrected chi connectivity index (χ4v) is 4.80. The summed E-state index contributed by atoms with van der Waals surface area (Å²) in [4.78, 5) is 20.9. The van der Waals surface area contributed by atoms with Crippen molar-refractivity contribution in [1.29, 1.82) is 0 Å². The van der Waals surface area contributed by atoms with Crippen LogP contribution < -0.4 is 10.5 Å². The first kappa shape index (κ1) is 24.2. The number of nitrogens with two attached hydrogens (primary N) is 1. The Hall–Kier alpha value is -2.41. The Bertz CT molecular complexity index is 1060. The van der Waals surface area contributed by atoms with E-state index in [9.17, 15) is 4.79 Å².